The van der Waals surface area contributed by atoms with Gasteiger partial charge in [-0.1, -0.05) is 31.0 Å². The van der Waals surface area contributed by atoms with Crippen molar-refractivity contribution >= 4 is 10.9 Å². The van der Waals surface area contributed by atoms with Crippen LogP contribution in [0.3, 0.4) is 0 Å². The highest BCUT2D eigenvalue weighted by atomic mass is 16.3. The number of hydrogen-bond donors (Lipinski definition) is 1. The van der Waals surface area contributed by atoms with E-state index in [9.17, 15) is 5.11 Å². The third-order valence-electron chi connectivity index (χ3n) is 4.29. The third-order valence-corrected chi connectivity index (χ3v) is 4.29. The summed E-state index contributed by atoms with van der Waals surface area (Å²) in [5.74, 6) is 0.578. The number of fused-ring (bicyclic) bond motifs is 1. The van der Waals surface area contributed by atoms with Crippen molar-refractivity contribution in [2.75, 3.05) is 0 Å². The fraction of sp³-hybridized carbons (Fsp3) is 0.471. The summed E-state index contributed by atoms with van der Waals surface area (Å²) in [4.78, 5) is 4.70. The van der Waals surface area contributed by atoms with Crippen molar-refractivity contribution in [3.8, 4) is 0 Å². The van der Waals surface area contributed by atoms with E-state index in [4.69, 9.17) is 4.98 Å². The molecule has 0 amide bonds. The Morgan fingerprint density at radius 1 is 1.26 bits per heavy atom. The zero-order chi connectivity index (χ0) is 13.5. The first-order chi connectivity index (χ1) is 9.07. The monoisotopic (exact) mass is 255 g/mol. The molecule has 1 aromatic carbocycles. The van der Waals surface area contributed by atoms with Gasteiger partial charge in [0.1, 0.15) is 5.60 Å². The number of aliphatic hydroxyl groups is 1. The molecule has 100 valence electrons. The first-order valence-electron chi connectivity index (χ1n) is 7.17. The van der Waals surface area contributed by atoms with Gasteiger partial charge in [0.05, 0.1) is 11.2 Å². The van der Waals surface area contributed by atoms with Gasteiger partial charge in [0.2, 0.25) is 0 Å². The minimum Gasteiger partial charge on any atom is -0.384 e. The van der Waals surface area contributed by atoms with E-state index in [2.05, 4.69) is 32.0 Å². The highest BCUT2D eigenvalue weighted by Gasteiger charge is 2.35. The molecular weight excluding hydrogens is 234 g/mol. The molecule has 1 N–H and O–H groups in total. The number of aromatic nitrogens is 1. The van der Waals surface area contributed by atoms with E-state index in [0.29, 0.717) is 5.92 Å². The Bertz CT molecular complexity index is 607. The van der Waals surface area contributed by atoms with Crippen LogP contribution in [0.5, 0.6) is 0 Å². The van der Waals surface area contributed by atoms with Crippen molar-refractivity contribution in [3.05, 3.63) is 41.6 Å². The quantitative estimate of drug-likeness (QED) is 0.837. The fourth-order valence-corrected chi connectivity index (χ4v) is 3.26. The number of aryl methyl sites for hydroxylation is 1. The Labute approximate surface area is 114 Å². The molecule has 1 fully saturated rings. The molecule has 0 bridgehead atoms. The molecule has 0 radical (unpaired) electrons. The Kier molecular flexibility index (Phi) is 3.06. The number of nitrogens with zero attached hydrogens (tertiary/aromatic N) is 1. The van der Waals surface area contributed by atoms with Gasteiger partial charge in [-0.15, -0.1) is 0 Å². The van der Waals surface area contributed by atoms with Gasteiger partial charge in [0.25, 0.3) is 0 Å². The molecule has 1 aliphatic carbocycles. The molecule has 1 saturated carbocycles. The summed E-state index contributed by atoms with van der Waals surface area (Å²) in [7, 11) is 0. The second-order valence-corrected chi connectivity index (χ2v) is 6.13. The van der Waals surface area contributed by atoms with E-state index in [0.717, 1.165) is 35.9 Å². The number of rotatable bonds is 1. The lowest BCUT2D eigenvalue weighted by Crippen LogP contribution is -2.32. The average molecular weight is 255 g/mol. The Balaban J connectivity index is 2.03. The number of pyridine rings is 1. The fourth-order valence-electron chi connectivity index (χ4n) is 3.26. The largest absolute Gasteiger partial charge is 0.384 e. The lowest BCUT2D eigenvalue weighted by atomic mass is 9.77. The second-order valence-electron chi connectivity index (χ2n) is 6.13. The molecule has 19 heavy (non-hydrogen) atoms. The summed E-state index contributed by atoms with van der Waals surface area (Å²) in [6, 6.07) is 10.3. The second kappa shape index (κ2) is 4.61. The van der Waals surface area contributed by atoms with Crippen LogP contribution < -0.4 is 0 Å². The molecule has 2 heteroatoms. The van der Waals surface area contributed by atoms with Crippen LogP contribution in [-0.4, -0.2) is 10.1 Å². The average Bonchev–Trinajstić information content (AvgIpc) is 2.37. The van der Waals surface area contributed by atoms with Crippen LogP contribution in [0.4, 0.5) is 0 Å². The van der Waals surface area contributed by atoms with Gasteiger partial charge in [-0.2, -0.15) is 0 Å². The van der Waals surface area contributed by atoms with Crippen LogP contribution in [0.1, 0.15) is 43.9 Å². The molecule has 2 aromatic rings. The third kappa shape index (κ3) is 2.37. The summed E-state index contributed by atoms with van der Waals surface area (Å²) < 4.78 is 0. The summed E-state index contributed by atoms with van der Waals surface area (Å²) >= 11 is 0. The predicted octanol–water partition coefficient (Wildman–Crippen LogP) is 3.94. The normalized spacial score (nSPS) is 27.6. The maximum atomic E-state index is 10.9. The van der Waals surface area contributed by atoms with E-state index in [1.54, 1.807) is 0 Å². The van der Waals surface area contributed by atoms with Crippen molar-refractivity contribution in [1.29, 1.82) is 0 Å². The van der Waals surface area contributed by atoms with Crippen LogP contribution in [0.2, 0.25) is 0 Å². The molecule has 1 aliphatic rings. The van der Waals surface area contributed by atoms with Gasteiger partial charge in [-0.25, -0.2) is 4.98 Å². The zero-order valence-electron chi connectivity index (χ0n) is 11.7. The van der Waals surface area contributed by atoms with Crippen molar-refractivity contribution in [2.45, 2.75) is 45.1 Å². The first kappa shape index (κ1) is 12.6. The number of hydrogen-bond acceptors (Lipinski definition) is 2. The summed E-state index contributed by atoms with van der Waals surface area (Å²) in [5.41, 5.74) is 2.34. The Hall–Kier alpha value is -1.41. The van der Waals surface area contributed by atoms with Crippen molar-refractivity contribution in [2.24, 2.45) is 5.92 Å². The Morgan fingerprint density at radius 3 is 2.89 bits per heavy atom. The van der Waals surface area contributed by atoms with E-state index in [-0.39, 0.29) is 0 Å². The van der Waals surface area contributed by atoms with E-state index >= 15 is 0 Å². The summed E-state index contributed by atoms with van der Waals surface area (Å²) in [5, 5.41) is 12.0. The summed E-state index contributed by atoms with van der Waals surface area (Å²) in [6.45, 7) is 4.30. The van der Waals surface area contributed by atoms with Crippen molar-refractivity contribution in [3.63, 3.8) is 0 Å². The van der Waals surface area contributed by atoms with Gasteiger partial charge >= 0.3 is 0 Å². The molecule has 0 saturated heterocycles. The molecule has 2 atom stereocenters. The minimum absolute atomic E-state index is 0.578. The molecule has 1 aromatic heterocycles. The van der Waals surface area contributed by atoms with Crippen LogP contribution in [-0.2, 0) is 5.60 Å². The van der Waals surface area contributed by atoms with Crippen LogP contribution in [0.15, 0.2) is 30.3 Å². The van der Waals surface area contributed by atoms with E-state index in [1.165, 1.54) is 12.0 Å². The molecule has 0 spiro atoms. The lowest BCUT2D eigenvalue weighted by molar-refractivity contribution is -0.0213. The topological polar surface area (TPSA) is 33.1 Å². The Morgan fingerprint density at radius 2 is 2.11 bits per heavy atom. The van der Waals surface area contributed by atoms with Crippen molar-refractivity contribution in [1.82, 2.24) is 4.98 Å². The van der Waals surface area contributed by atoms with E-state index in [1.807, 2.05) is 12.1 Å². The molecular formula is C17H21NO. The molecule has 1 heterocycles. The first-order valence-corrected chi connectivity index (χ1v) is 7.17. The smallest absolute Gasteiger partial charge is 0.107 e. The zero-order valence-corrected chi connectivity index (χ0v) is 11.7. The lowest BCUT2D eigenvalue weighted by Gasteiger charge is -2.35. The molecule has 3 rings (SSSR count). The molecule has 2 unspecified atom stereocenters. The van der Waals surface area contributed by atoms with Crippen LogP contribution >= 0.6 is 0 Å². The van der Waals surface area contributed by atoms with Gasteiger partial charge < -0.3 is 5.11 Å². The maximum absolute atomic E-state index is 10.9. The highest BCUT2D eigenvalue weighted by Crippen LogP contribution is 2.39. The molecule has 0 aliphatic heterocycles. The van der Waals surface area contributed by atoms with Crippen LogP contribution in [0, 0.1) is 12.8 Å². The van der Waals surface area contributed by atoms with E-state index < -0.39 is 5.60 Å². The maximum Gasteiger partial charge on any atom is 0.107 e. The SMILES string of the molecule is Cc1ccc2nc(C3(O)CCCC(C)C3)ccc2c1. The van der Waals surface area contributed by atoms with Gasteiger partial charge in [0.15, 0.2) is 0 Å². The van der Waals surface area contributed by atoms with Gasteiger partial charge in [-0.05, 0) is 50.3 Å². The number of benzene rings is 1. The summed E-state index contributed by atoms with van der Waals surface area (Å²) in [6.07, 6.45) is 3.97. The minimum atomic E-state index is -0.725. The van der Waals surface area contributed by atoms with Gasteiger partial charge in [0, 0.05) is 5.39 Å². The highest BCUT2D eigenvalue weighted by molar-refractivity contribution is 5.79. The predicted molar refractivity (Wildman–Crippen MR) is 78.0 cm³/mol. The van der Waals surface area contributed by atoms with Gasteiger partial charge in [-0.3, -0.25) is 0 Å². The van der Waals surface area contributed by atoms with Crippen LogP contribution in [0.25, 0.3) is 10.9 Å². The molecule has 2 nitrogen and oxygen atoms in total. The van der Waals surface area contributed by atoms with Crippen molar-refractivity contribution < 1.29 is 5.11 Å². The standard InChI is InChI=1S/C17H21NO/c1-12-5-7-15-14(10-12)6-8-16(18-15)17(19)9-3-4-13(2)11-17/h5-8,10,13,19H,3-4,9,11H2,1-2H3.